The Morgan fingerprint density at radius 1 is 0.318 bits per heavy atom. The SMILES string of the molecule is Cc1ccccc1N(c1cccc2c1Cc1c-2cccc1C(C)(C)C)c1ccc2ccc3c(N(c4ccccc4C)c4cccc5c4Cc4c-5cccc4C(C)(C)C)ccc4ccc1c2c43. The van der Waals surface area contributed by atoms with Gasteiger partial charge in [-0.2, -0.15) is 0 Å². The first kappa shape index (κ1) is 40.4. The molecule has 2 aliphatic carbocycles. The van der Waals surface area contributed by atoms with Crippen LogP contribution in [-0.2, 0) is 23.7 Å². The molecular weight excluding hydrogens is 797 g/mol. The zero-order chi connectivity index (χ0) is 45.2. The van der Waals surface area contributed by atoms with Crippen LogP contribution in [0, 0.1) is 13.8 Å². The van der Waals surface area contributed by atoms with Gasteiger partial charge in [0, 0.05) is 35.0 Å². The maximum absolute atomic E-state index is 2.57. The number of aryl methyl sites for hydroxylation is 2. The van der Waals surface area contributed by atoms with Gasteiger partial charge in [-0.25, -0.2) is 0 Å². The highest BCUT2D eigenvalue weighted by molar-refractivity contribution is 6.28. The van der Waals surface area contributed by atoms with Gasteiger partial charge in [-0.1, -0.05) is 175 Å². The lowest BCUT2D eigenvalue weighted by Crippen LogP contribution is -2.15. The lowest BCUT2D eigenvalue weighted by Gasteiger charge is -2.32. The molecule has 322 valence electrons. The van der Waals surface area contributed by atoms with Gasteiger partial charge in [0.2, 0.25) is 0 Å². The fourth-order valence-corrected chi connectivity index (χ4v) is 11.8. The molecule has 66 heavy (non-hydrogen) atoms. The van der Waals surface area contributed by atoms with Crippen LogP contribution < -0.4 is 9.80 Å². The smallest absolute Gasteiger partial charge is 0.0540 e. The van der Waals surface area contributed by atoms with E-state index in [0.717, 1.165) is 12.8 Å². The van der Waals surface area contributed by atoms with Gasteiger partial charge >= 0.3 is 0 Å². The first-order valence-electron chi connectivity index (χ1n) is 23.8. The van der Waals surface area contributed by atoms with Crippen LogP contribution >= 0.6 is 0 Å². The number of hydrogen-bond acceptors (Lipinski definition) is 2. The van der Waals surface area contributed by atoms with E-state index in [1.165, 1.54) is 133 Å². The molecule has 0 radical (unpaired) electrons. The van der Waals surface area contributed by atoms with Crippen LogP contribution in [0.1, 0.15) is 86.1 Å². The maximum Gasteiger partial charge on any atom is 0.0540 e. The molecule has 0 fully saturated rings. The van der Waals surface area contributed by atoms with Crippen molar-refractivity contribution in [3.8, 4) is 22.3 Å². The molecule has 2 heteroatoms. The van der Waals surface area contributed by atoms with E-state index in [0.29, 0.717) is 0 Å². The molecule has 0 N–H and O–H groups in total. The monoisotopic (exact) mass is 852 g/mol. The summed E-state index contributed by atoms with van der Waals surface area (Å²) < 4.78 is 0. The van der Waals surface area contributed by atoms with Gasteiger partial charge in [-0.05, 0) is 149 Å². The van der Waals surface area contributed by atoms with E-state index in [4.69, 9.17) is 0 Å². The Labute approximate surface area is 390 Å². The average Bonchev–Trinajstić information content (AvgIpc) is 3.89. The quantitative estimate of drug-likeness (QED) is 0.154. The molecule has 0 atom stereocenters. The van der Waals surface area contributed by atoms with Crippen molar-refractivity contribution in [2.75, 3.05) is 9.80 Å². The number of fused-ring (bicyclic) bond motifs is 6. The molecule has 2 nitrogen and oxygen atoms in total. The van der Waals surface area contributed by atoms with E-state index < -0.39 is 0 Å². The minimum atomic E-state index is 0.0459. The molecule has 0 aromatic heterocycles. The summed E-state index contributed by atoms with van der Waals surface area (Å²) in [5.74, 6) is 0. The summed E-state index contributed by atoms with van der Waals surface area (Å²) in [4.78, 5) is 5.14. The zero-order valence-electron chi connectivity index (χ0n) is 39.5. The topological polar surface area (TPSA) is 6.48 Å². The standard InChI is InChI=1S/C64H56N2/c1-39-17-9-11-25-55(39)65(57-27-15-21-45-43-19-13-23-53(63(3,4)5)49(43)37-51(45)57)59-35-31-41-30-34-48-60(36-32-42-29-33-47(59)61(41)62(42)48)66(56-26-12-10-18-40(56)2)58-28-16-22-46-44-20-14-24-54(64(6,7)8)50(44)38-52(46)58/h9-36H,37-38H2,1-8H3. The van der Waals surface area contributed by atoms with Crippen molar-refractivity contribution < 1.29 is 0 Å². The summed E-state index contributed by atoms with van der Waals surface area (Å²) in [6, 6.07) is 64.5. The Hall–Kier alpha value is -7.16. The molecular formula is C64H56N2. The second-order valence-electron chi connectivity index (χ2n) is 21.0. The van der Waals surface area contributed by atoms with Crippen LogP contribution in [0.5, 0.6) is 0 Å². The number of anilines is 6. The van der Waals surface area contributed by atoms with Gasteiger partial charge < -0.3 is 9.80 Å². The Kier molecular flexibility index (Phi) is 8.97. The van der Waals surface area contributed by atoms with Gasteiger partial charge in [0.05, 0.1) is 22.7 Å². The number of hydrogen-bond donors (Lipinski definition) is 0. The highest BCUT2D eigenvalue weighted by Gasteiger charge is 2.33. The molecule has 0 spiro atoms. The first-order chi connectivity index (χ1) is 31.9. The van der Waals surface area contributed by atoms with Gasteiger partial charge in [0.1, 0.15) is 0 Å². The van der Waals surface area contributed by atoms with Gasteiger partial charge in [0.15, 0.2) is 0 Å². The minimum absolute atomic E-state index is 0.0459. The molecule has 0 bridgehead atoms. The third kappa shape index (κ3) is 6.07. The van der Waals surface area contributed by atoms with Crippen molar-refractivity contribution in [3.63, 3.8) is 0 Å². The molecule has 0 aliphatic heterocycles. The number of benzene rings is 10. The lowest BCUT2D eigenvalue weighted by molar-refractivity contribution is 0.585. The Morgan fingerprint density at radius 2 is 0.667 bits per heavy atom. The third-order valence-corrected chi connectivity index (χ3v) is 14.9. The molecule has 0 unspecified atom stereocenters. The molecule has 10 aromatic rings. The minimum Gasteiger partial charge on any atom is -0.309 e. The average molecular weight is 853 g/mol. The third-order valence-electron chi connectivity index (χ3n) is 14.9. The summed E-state index contributed by atoms with van der Waals surface area (Å²) >= 11 is 0. The Bertz CT molecular complexity index is 3350. The maximum atomic E-state index is 2.57. The second-order valence-corrected chi connectivity index (χ2v) is 21.0. The van der Waals surface area contributed by atoms with Crippen molar-refractivity contribution in [2.45, 2.75) is 79.1 Å². The van der Waals surface area contributed by atoms with E-state index in [-0.39, 0.29) is 10.8 Å². The van der Waals surface area contributed by atoms with Gasteiger partial charge in [-0.3, -0.25) is 0 Å². The summed E-state index contributed by atoms with van der Waals surface area (Å²) in [6.45, 7) is 18.6. The Morgan fingerprint density at radius 3 is 1.06 bits per heavy atom. The molecule has 0 amide bonds. The summed E-state index contributed by atoms with van der Waals surface area (Å²) in [5, 5.41) is 7.62. The van der Waals surface area contributed by atoms with Crippen molar-refractivity contribution >= 4 is 66.4 Å². The lowest BCUT2D eigenvalue weighted by atomic mass is 9.82. The molecule has 12 rings (SSSR count). The van der Waals surface area contributed by atoms with Crippen LogP contribution in [0.3, 0.4) is 0 Å². The van der Waals surface area contributed by atoms with Crippen LogP contribution in [0.4, 0.5) is 34.1 Å². The normalized spacial score (nSPS) is 13.0. The molecule has 0 saturated carbocycles. The number of nitrogens with zero attached hydrogens (tertiary/aromatic N) is 2. The van der Waals surface area contributed by atoms with Gasteiger partial charge in [0.25, 0.3) is 0 Å². The van der Waals surface area contributed by atoms with E-state index in [1.807, 2.05) is 0 Å². The number of rotatable bonds is 6. The highest BCUT2D eigenvalue weighted by Crippen LogP contribution is 2.53. The van der Waals surface area contributed by atoms with E-state index in [1.54, 1.807) is 0 Å². The Balaban J connectivity index is 1.09. The molecule has 10 aromatic carbocycles. The molecule has 2 aliphatic rings. The summed E-state index contributed by atoms with van der Waals surface area (Å²) in [7, 11) is 0. The largest absolute Gasteiger partial charge is 0.309 e. The zero-order valence-corrected chi connectivity index (χ0v) is 39.5. The van der Waals surface area contributed by atoms with Crippen LogP contribution in [-0.4, -0.2) is 0 Å². The fourth-order valence-electron chi connectivity index (χ4n) is 11.8. The van der Waals surface area contributed by atoms with E-state index >= 15 is 0 Å². The number of para-hydroxylation sites is 2. The van der Waals surface area contributed by atoms with Crippen LogP contribution in [0.15, 0.2) is 170 Å². The predicted octanol–water partition coefficient (Wildman–Crippen LogP) is 17.9. The second kappa shape index (κ2) is 14.7. The van der Waals surface area contributed by atoms with Crippen molar-refractivity contribution in [3.05, 3.63) is 214 Å². The molecule has 0 heterocycles. The highest BCUT2D eigenvalue weighted by atomic mass is 15.2. The summed E-state index contributed by atoms with van der Waals surface area (Å²) in [6.07, 6.45) is 1.82. The fraction of sp³-hybridized carbons (Fsp3) is 0.188. The van der Waals surface area contributed by atoms with Crippen LogP contribution in [0.25, 0.3) is 54.6 Å². The van der Waals surface area contributed by atoms with Crippen LogP contribution in [0.2, 0.25) is 0 Å². The van der Waals surface area contributed by atoms with Crippen molar-refractivity contribution in [1.82, 2.24) is 0 Å². The molecule has 0 saturated heterocycles. The van der Waals surface area contributed by atoms with Gasteiger partial charge in [-0.15, -0.1) is 0 Å². The van der Waals surface area contributed by atoms with Crippen molar-refractivity contribution in [1.29, 1.82) is 0 Å². The predicted molar refractivity (Wildman–Crippen MR) is 283 cm³/mol. The van der Waals surface area contributed by atoms with Crippen molar-refractivity contribution in [2.24, 2.45) is 0 Å². The van der Waals surface area contributed by atoms with E-state index in [2.05, 4.69) is 235 Å². The first-order valence-corrected chi connectivity index (χ1v) is 23.8. The van der Waals surface area contributed by atoms with E-state index in [9.17, 15) is 0 Å². The summed E-state index contributed by atoms with van der Waals surface area (Å²) in [5.41, 5.74) is 23.9.